The van der Waals surface area contributed by atoms with E-state index in [-0.39, 0.29) is 25.5 Å². The number of hydrogen-bond acceptors (Lipinski definition) is 4. The lowest BCUT2D eigenvalue weighted by molar-refractivity contribution is -0.121. The number of rotatable bonds is 7. The van der Waals surface area contributed by atoms with E-state index >= 15 is 0 Å². The average Bonchev–Trinajstić information content (AvgIpc) is 2.37. The van der Waals surface area contributed by atoms with Crippen LogP contribution in [-0.2, 0) is 16.0 Å². The van der Waals surface area contributed by atoms with E-state index in [1.165, 1.54) is 7.11 Å². The van der Waals surface area contributed by atoms with E-state index in [0.717, 1.165) is 11.1 Å². The molecule has 0 aliphatic rings. The molecule has 5 nitrogen and oxygen atoms in total. The van der Waals surface area contributed by atoms with Crippen molar-refractivity contribution in [1.29, 1.82) is 0 Å². The zero-order valence-electron chi connectivity index (χ0n) is 11.6. The first-order valence-corrected chi connectivity index (χ1v) is 6.14. The molecule has 0 fully saturated rings. The van der Waals surface area contributed by atoms with E-state index in [1.54, 1.807) is 7.11 Å². The molecule has 0 radical (unpaired) electrons. The second kappa shape index (κ2) is 7.76. The van der Waals surface area contributed by atoms with Gasteiger partial charge in [-0.15, -0.1) is 0 Å². The Kier molecular flexibility index (Phi) is 6.32. The maximum Gasteiger partial charge on any atom is 0.224 e. The van der Waals surface area contributed by atoms with Gasteiger partial charge in [0.05, 0.1) is 26.2 Å². The van der Waals surface area contributed by atoms with Crippen LogP contribution in [0.25, 0.3) is 0 Å². The molecule has 0 saturated carbocycles. The lowest BCUT2D eigenvalue weighted by atomic mass is 10.1. The zero-order chi connectivity index (χ0) is 14.3. The molecule has 0 aromatic heterocycles. The molecule has 0 bridgehead atoms. The smallest absolute Gasteiger partial charge is 0.224 e. The normalized spacial score (nSPS) is 12.0. The van der Waals surface area contributed by atoms with Gasteiger partial charge in [-0.05, 0) is 13.0 Å². The number of amides is 1. The second-order valence-corrected chi connectivity index (χ2v) is 4.41. The van der Waals surface area contributed by atoms with Crippen molar-refractivity contribution in [2.45, 2.75) is 19.4 Å². The van der Waals surface area contributed by atoms with Crippen LogP contribution < -0.4 is 10.1 Å². The summed E-state index contributed by atoms with van der Waals surface area (Å²) < 4.78 is 10.0. The van der Waals surface area contributed by atoms with Crippen molar-refractivity contribution in [3.05, 3.63) is 29.3 Å². The van der Waals surface area contributed by atoms with Gasteiger partial charge in [-0.3, -0.25) is 4.79 Å². The third kappa shape index (κ3) is 5.28. The van der Waals surface area contributed by atoms with Gasteiger partial charge < -0.3 is 19.9 Å². The molecule has 5 heteroatoms. The van der Waals surface area contributed by atoms with Crippen LogP contribution in [0.15, 0.2) is 18.2 Å². The quantitative estimate of drug-likeness (QED) is 0.762. The Balaban J connectivity index is 2.54. The summed E-state index contributed by atoms with van der Waals surface area (Å²) in [5.74, 6) is 0.539. The highest BCUT2D eigenvalue weighted by molar-refractivity contribution is 5.79. The van der Waals surface area contributed by atoms with Gasteiger partial charge in [0.1, 0.15) is 5.75 Å². The summed E-state index contributed by atoms with van der Waals surface area (Å²) in [6, 6.07) is 5.70. The Hall–Kier alpha value is -1.59. The van der Waals surface area contributed by atoms with E-state index in [1.807, 2.05) is 25.1 Å². The van der Waals surface area contributed by atoms with Crippen molar-refractivity contribution in [2.24, 2.45) is 0 Å². The monoisotopic (exact) mass is 267 g/mol. The van der Waals surface area contributed by atoms with Crippen molar-refractivity contribution in [2.75, 3.05) is 27.4 Å². The molecule has 1 aromatic carbocycles. The number of carbonyl (C=O) groups is 1. The van der Waals surface area contributed by atoms with Crippen LogP contribution in [0.5, 0.6) is 5.75 Å². The third-order valence-electron chi connectivity index (χ3n) is 2.68. The molecule has 0 aliphatic carbocycles. The van der Waals surface area contributed by atoms with Gasteiger partial charge in [0.25, 0.3) is 0 Å². The summed E-state index contributed by atoms with van der Waals surface area (Å²) >= 11 is 0. The van der Waals surface area contributed by atoms with Crippen molar-refractivity contribution in [1.82, 2.24) is 5.32 Å². The number of aliphatic hydroxyl groups is 1. The van der Waals surface area contributed by atoms with Crippen LogP contribution in [-0.4, -0.2) is 44.5 Å². The van der Waals surface area contributed by atoms with Crippen LogP contribution >= 0.6 is 0 Å². The number of hydrogen-bond donors (Lipinski definition) is 2. The van der Waals surface area contributed by atoms with E-state index in [9.17, 15) is 9.90 Å². The second-order valence-electron chi connectivity index (χ2n) is 4.41. The zero-order valence-corrected chi connectivity index (χ0v) is 11.6. The molecule has 106 valence electrons. The molecule has 1 aromatic rings. The summed E-state index contributed by atoms with van der Waals surface area (Å²) in [6.45, 7) is 2.35. The van der Waals surface area contributed by atoms with Crippen LogP contribution in [0.3, 0.4) is 0 Å². The lowest BCUT2D eigenvalue weighted by Crippen LogP contribution is -2.35. The van der Waals surface area contributed by atoms with Crippen LogP contribution in [0.2, 0.25) is 0 Å². The highest BCUT2D eigenvalue weighted by Crippen LogP contribution is 2.19. The topological polar surface area (TPSA) is 67.8 Å². The van der Waals surface area contributed by atoms with Crippen LogP contribution in [0.4, 0.5) is 0 Å². The first-order valence-electron chi connectivity index (χ1n) is 6.14. The molecule has 1 rings (SSSR count). The molecule has 0 heterocycles. The minimum absolute atomic E-state index is 0.154. The Bertz CT molecular complexity index is 420. The number of benzene rings is 1. The van der Waals surface area contributed by atoms with E-state index in [4.69, 9.17) is 9.47 Å². The third-order valence-corrected chi connectivity index (χ3v) is 2.68. The Labute approximate surface area is 113 Å². The molecule has 0 spiro atoms. The number of aryl methyl sites for hydroxylation is 1. The molecule has 2 N–H and O–H groups in total. The fraction of sp³-hybridized carbons (Fsp3) is 0.500. The molecule has 0 aliphatic heterocycles. The van der Waals surface area contributed by atoms with E-state index in [2.05, 4.69) is 5.32 Å². The molecule has 0 saturated heterocycles. The van der Waals surface area contributed by atoms with Gasteiger partial charge >= 0.3 is 0 Å². The van der Waals surface area contributed by atoms with Gasteiger partial charge in [-0.25, -0.2) is 0 Å². The van der Waals surface area contributed by atoms with Crippen molar-refractivity contribution in [3.8, 4) is 5.75 Å². The highest BCUT2D eigenvalue weighted by Gasteiger charge is 2.10. The Morgan fingerprint density at radius 3 is 2.79 bits per heavy atom. The van der Waals surface area contributed by atoms with Gasteiger partial charge in [0.2, 0.25) is 5.91 Å². The van der Waals surface area contributed by atoms with Gasteiger partial charge in [0, 0.05) is 19.2 Å². The largest absolute Gasteiger partial charge is 0.496 e. The van der Waals surface area contributed by atoms with Crippen molar-refractivity contribution in [3.63, 3.8) is 0 Å². The maximum atomic E-state index is 11.8. The van der Waals surface area contributed by atoms with Gasteiger partial charge in [-0.1, -0.05) is 17.7 Å². The van der Waals surface area contributed by atoms with Gasteiger partial charge in [-0.2, -0.15) is 0 Å². The first-order chi connectivity index (χ1) is 9.06. The number of methoxy groups -OCH3 is 2. The van der Waals surface area contributed by atoms with E-state index in [0.29, 0.717) is 5.75 Å². The average molecular weight is 267 g/mol. The summed E-state index contributed by atoms with van der Waals surface area (Å²) in [6.07, 6.45) is -0.460. The molecule has 1 unspecified atom stereocenters. The van der Waals surface area contributed by atoms with Gasteiger partial charge in [0.15, 0.2) is 0 Å². The summed E-state index contributed by atoms with van der Waals surface area (Å²) in [5.41, 5.74) is 1.91. The molecular weight excluding hydrogens is 246 g/mol. The Morgan fingerprint density at radius 1 is 1.42 bits per heavy atom. The van der Waals surface area contributed by atoms with Crippen molar-refractivity contribution >= 4 is 5.91 Å². The van der Waals surface area contributed by atoms with Crippen molar-refractivity contribution < 1.29 is 19.4 Å². The summed E-state index contributed by atoms with van der Waals surface area (Å²) in [7, 11) is 3.08. The first kappa shape index (κ1) is 15.5. The lowest BCUT2D eigenvalue weighted by Gasteiger charge is -2.12. The molecule has 1 amide bonds. The van der Waals surface area contributed by atoms with E-state index < -0.39 is 6.10 Å². The minimum atomic E-state index is -0.687. The predicted molar refractivity (Wildman–Crippen MR) is 72.3 cm³/mol. The fourth-order valence-electron chi connectivity index (χ4n) is 1.76. The van der Waals surface area contributed by atoms with Crippen LogP contribution in [0.1, 0.15) is 11.1 Å². The SMILES string of the molecule is COCC(O)CNC(=O)Cc1cc(C)ccc1OC. The number of aliphatic hydroxyl groups excluding tert-OH is 1. The number of ether oxygens (including phenoxy) is 2. The maximum absolute atomic E-state index is 11.8. The summed E-state index contributed by atoms with van der Waals surface area (Å²) in [5, 5.41) is 12.1. The van der Waals surface area contributed by atoms with Crippen LogP contribution in [0, 0.1) is 6.92 Å². The fourth-order valence-corrected chi connectivity index (χ4v) is 1.76. The molecule has 1 atom stereocenters. The molecule has 19 heavy (non-hydrogen) atoms. The highest BCUT2D eigenvalue weighted by atomic mass is 16.5. The standard InChI is InChI=1S/C14H21NO4/c1-10-4-5-13(19-3)11(6-10)7-14(17)15-8-12(16)9-18-2/h4-6,12,16H,7-9H2,1-3H3,(H,15,17). The number of carbonyl (C=O) groups excluding carboxylic acids is 1. The predicted octanol–water partition coefficient (Wildman–Crippen LogP) is 0.670. The summed E-state index contributed by atoms with van der Waals surface area (Å²) in [4.78, 5) is 11.8. The Morgan fingerprint density at radius 2 is 2.16 bits per heavy atom. The number of nitrogens with one attached hydrogen (secondary N) is 1. The molecular formula is C14H21NO4. The minimum Gasteiger partial charge on any atom is -0.496 e.